The fourth-order valence-corrected chi connectivity index (χ4v) is 4.01. The summed E-state index contributed by atoms with van der Waals surface area (Å²) < 4.78 is 27.5. The first kappa shape index (κ1) is 20.3. The molecule has 0 radical (unpaired) electrons. The molecule has 4 rings (SSSR count). The number of aryl methyl sites for hydroxylation is 1. The number of amides is 1. The molecular weight excluding hydrogens is 410 g/mol. The predicted molar refractivity (Wildman–Crippen MR) is 110 cm³/mol. The fourth-order valence-electron chi connectivity index (χ4n) is 3.38. The Morgan fingerprint density at radius 2 is 1.83 bits per heavy atom. The van der Waals surface area contributed by atoms with Crippen LogP contribution in [0.25, 0.3) is 5.82 Å². The molecule has 1 amide bonds. The zero-order chi connectivity index (χ0) is 21.1. The van der Waals surface area contributed by atoms with E-state index >= 15 is 0 Å². The van der Waals surface area contributed by atoms with Crippen LogP contribution in [-0.4, -0.2) is 62.3 Å². The number of aromatic nitrogens is 4. The van der Waals surface area contributed by atoms with Crippen molar-refractivity contribution in [3.8, 4) is 5.82 Å². The van der Waals surface area contributed by atoms with Crippen LogP contribution in [-0.2, 0) is 0 Å². The first-order chi connectivity index (χ1) is 14.5. The van der Waals surface area contributed by atoms with E-state index in [9.17, 15) is 13.6 Å². The maximum absolute atomic E-state index is 12.9. The van der Waals surface area contributed by atoms with Gasteiger partial charge in [0.2, 0.25) is 0 Å². The lowest BCUT2D eigenvalue weighted by atomic mass is 10.2. The number of thioether (sulfide) groups is 1. The molecule has 156 valence electrons. The van der Waals surface area contributed by atoms with Crippen molar-refractivity contribution in [2.24, 2.45) is 0 Å². The lowest BCUT2D eigenvalue weighted by molar-refractivity contribution is 0.0743. The number of carbonyl (C=O) groups is 1. The van der Waals surface area contributed by atoms with E-state index in [1.54, 1.807) is 41.7 Å². The van der Waals surface area contributed by atoms with Crippen LogP contribution in [0.4, 0.5) is 14.6 Å². The monoisotopic (exact) mass is 430 g/mol. The maximum atomic E-state index is 12.9. The van der Waals surface area contributed by atoms with Crippen LogP contribution < -0.4 is 4.90 Å². The van der Waals surface area contributed by atoms with Crippen LogP contribution in [0.1, 0.15) is 16.2 Å². The van der Waals surface area contributed by atoms with Crippen molar-refractivity contribution < 1.29 is 13.6 Å². The SMILES string of the molecule is Cc1nc(N2CCN(C(=O)c3ccccc3SC(F)F)CC2)cc(-n2ccnc2)n1. The molecule has 1 aliphatic heterocycles. The van der Waals surface area contributed by atoms with Crippen molar-refractivity contribution in [2.75, 3.05) is 31.1 Å². The number of halogens is 2. The number of hydrogen-bond acceptors (Lipinski definition) is 6. The Hall–Kier alpha value is -3.01. The third kappa shape index (κ3) is 4.43. The Morgan fingerprint density at radius 1 is 1.10 bits per heavy atom. The number of anilines is 1. The van der Waals surface area contributed by atoms with Gasteiger partial charge in [-0.2, -0.15) is 8.78 Å². The summed E-state index contributed by atoms with van der Waals surface area (Å²) in [6.45, 7) is 3.98. The average molecular weight is 430 g/mol. The van der Waals surface area contributed by atoms with Crippen LogP contribution in [0.5, 0.6) is 0 Å². The molecule has 30 heavy (non-hydrogen) atoms. The van der Waals surface area contributed by atoms with Crippen molar-refractivity contribution in [3.63, 3.8) is 0 Å². The van der Waals surface area contributed by atoms with Crippen LogP contribution in [0.2, 0.25) is 0 Å². The van der Waals surface area contributed by atoms with Crippen molar-refractivity contribution >= 4 is 23.5 Å². The minimum absolute atomic E-state index is 0.226. The van der Waals surface area contributed by atoms with Gasteiger partial charge in [0.15, 0.2) is 0 Å². The van der Waals surface area contributed by atoms with E-state index in [0.717, 1.165) is 11.6 Å². The third-order valence-electron chi connectivity index (χ3n) is 4.80. The molecule has 3 aromatic rings. The van der Waals surface area contributed by atoms with E-state index in [1.165, 1.54) is 0 Å². The van der Waals surface area contributed by atoms with Gasteiger partial charge in [-0.25, -0.2) is 15.0 Å². The number of imidazole rings is 1. The molecule has 0 aliphatic carbocycles. The molecule has 3 heterocycles. The van der Waals surface area contributed by atoms with E-state index < -0.39 is 5.76 Å². The van der Waals surface area contributed by atoms with Gasteiger partial charge in [0.1, 0.15) is 23.8 Å². The molecule has 0 atom stereocenters. The van der Waals surface area contributed by atoms with Crippen molar-refractivity contribution in [1.29, 1.82) is 0 Å². The zero-order valence-electron chi connectivity index (χ0n) is 16.3. The summed E-state index contributed by atoms with van der Waals surface area (Å²) in [4.78, 5) is 30.0. The smallest absolute Gasteiger partial charge is 0.288 e. The Kier molecular flexibility index (Phi) is 5.93. The highest BCUT2D eigenvalue weighted by atomic mass is 32.2. The summed E-state index contributed by atoms with van der Waals surface area (Å²) in [6.07, 6.45) is 5.18. The second-order valence-corrected chi connectivity index (χ2v) is 7.79. The molecule has 0 unspecified atom stereocenters. The van der Waals surface area contributed by atoms with Gasteiger partial charge >= 0.3 is 0 Å². The highest BCUT2D eigenvalue weighted by Gasteiger charge is 2.25. The number of rotatable bonds is 5. The zero-order valence-corrected chi connectivity index (χ0v) is 17.1. The van der Waals surface area contributed by atoms with E-state index in [1.807, 2.05) is 23.8 Å². The largest absolute Gasteiger partial charge is 0.353 e. The number of carbonyl (C=O) groups excluding carboxylic acids is 1. The molecule has 1 aromatic carbocycles. The summed E-state index contributed by atoms with van der Waals surface area (Å²) in [5.74, 6) is -0.635. The van der Waals surface area contributed by atoms with Gasteiger partial charge < -0.3 is 9.80 Å². The van der Waals surface area contributed by atoms with E-state index in [2.05, 4.69) is 19.9 Å². The second-order valence-electron chi connectivity index (χ2n) is 6.76. The summed E-state index contributed by atoms with van der Waals surface area (Å²) in [5, 5.41) is 0. The molecule has 1 fully saturated rings. The topological polar surface area (TPSA) is 67.2 Å². The van der Waals surface area contributed by atoms with Crippen LogP contribution in [0.3, 0.4) is 0 Å². The third-order valence-corrected chi connectivity index (χ3v) is 5.59. The molecule has 1 saturated heterocycles. The summed E-state index contributed by atoms with van der Waals surface area (Å²) in [7, 11) is 0. The molecule has 10 heteroatoms. The normalized spacial score (nSPS) is 14.4. The summed E-state index contributed by atoms with van der Waals surface area (Å²) >= 11 is 0.401. The highest BCUT2D eigenvalue weighted by Crippen LogP contribution is 2.29. The second kappa shape index (κ2) is 8.78. The van der Waals surface area contributed by atoms with Gasteiger partial charge in [0, 0.05) is 49.5 Å². The summed E-state index contributed by atoms with van der Waals surface area (Å²) in [6, 6.07) is 8.40. The standard InChI is InChI=1S/C20H20F2N6OS/c1-14-24-17(12-18(25-14)28-7-6-23-13-28)26-8-10-27(11-9-26)19(29)15-4-2-3-5-16(15)30-20(21)22/h2-7,12-13,20H,8-11H2,1H3. The first-order valence-electron chi connectivity index (χ1n) is 9.43. The van der Waals surface area contributed by atoms with Crippen LogP contribution in [0, 0.1) is 6.92 Å². The van der Waals surface area contributed by atoms with Gasteiger partial charge in [0.05, 0.1) is 5.56 Å². The van der Waals surface area contributed by atoms with Gasteiger partial charge in [-0.3, -0.25) is 9.36 Å². The number of hydrogen-bond donors (Lipinski definition) is 0. The fraction of sp³-hybridized carbons (Fsp3) is 0.300. The van der Waals surface area contributed by atoms with Crippen molar-refractivity contribution in [1.82, 2.24) is 24.4 Å². The van der Waals surface area contributed by atoms with Gasteiger partial charge in [-0.05, 0) is 19.1 Å². The molecule has 1 aliphatic rings. The quantitative estimate of drug-likeness (QED) is 0.579. The maximum Gasteiger partial charge on any atom is 0.288 e. The number of alkyl halides is 2. The average Bonchev–Trinajstić information content (AvgIpc) is 3.28. The molecule has 0 bridgehead atoms. The summed E-state index contributed by atoms with van der Waals surface area (Å²) in [5.41, 5.74) is 0.316. The predicted octanol–water partition coefficient (Wildman–Crippen LogP) is 3.25. The van der Waals surface area contributed by atoms with E-state index in [-0.39, 0.29) is 5.91 Å². The van der Waals surface area contributed by atoms with Crippen LogP contribution in [0.15, 0.2) is 53.9 Å². The molecule has 7 nitrogen and oxygen atoms in total. The number of benzene rings is 1. The minimum atomic E-state index is -2.57. The Labute approximate surface area is 176 Å². The van der Waals surface area contributed by atoms with Gasteiger partial charge in [-0.1, -0.05) is 23.9 Å². The Bertz CT molecular complexity index is 1020. The molecular formula is C20H20F2N6OS. The minimum Gasteiger partial charge on any atom is -0.353 e. The lowest BCUT2D eigenvalue weighted by Gasteiger charge is -2.35. The number of piperazine rings is 1. The Morgan fingerprint density at radius 3 is 2.53 bits per heavy atom. The van der Waals surface area contributed by atoms with Crippen molar-refractivity contribution in [3.05, 3.63) is 60.4 Å². The lowest BCUT2D eigenvalue weighted by Crippen LogP contribution is -2.49. The van der Waals surface area contributed by atoms with Gasteiger partial charge in [0.25, 0.3) is 11.7 Å². The van der Waals surface area contributed by atoms with Crippen LogP contribution >= 0.6 is 11.8 Å². The van der Waals surface area contributed by atoms with E-state index in [0.29, 0.717) is 54.2 Å². The first-order valence-corrected chi connectivity index (χ1v) is 10.3. The molecule has 0 N–H and O–H groups in total. The Balaban J connectivity index is 1.47. The van der Waals surface area contributed by atoms with Gasteiger partial charge in [-0.15, -0.1) is 0 Å². The molecule has 0 saturated carbocycles. The molecule has 0 spiro atoms. The highest BCUT2D eigenvalue weighted by molar-refractivity contribution is 7.99. The number of nitrogens with zero attached hydrogens (tertiary/aromatic N) is 6. The van der Waals surface area contributed by atoms with Crippen molar-refractivity contribution in [2.45, 2.75) is 17.6 Å². The molecule has 2 aromatic heterocycles. The van der Waals surface area contributed by atoms with E-state index in [4.69, 9.17) is 0 Å².